The Kier molecular flexibility index (Phi) is 4.26. The molecule has 0 spiro atoms. The predicted octanol–water partition coefficient (Wildman–Crippen LogP) is 3.60. The van der Waals surface area contributed by atoms with Crippen LogP contribution in [0.5, 0.6) is 5.75 Å². The minimum atomic E-state index is -0.252. The van der Waals surface area contributed by atoms with E-state index in [0.29, 0.717) is 18.8 Å². The van der Waals surface area contributed by atoms with Crippen molar-refractivity contribution < 1.29 is 13.9 Å². The number of aldehydes is 1. The lowest BCUT2D eigenvalue weighted by atomic mass is 9.86. The van der Waals surface area contributed by atoms with Gasteiger partial charge < -0.3 is 9.64 Å². The van der Waals surface area contributed by atoms with Gasteiger partial charge in [0.15, 0.2) is 6.29 Å². The number of nitrogens with zero attached hydrogens (tertiary/aromatic N) is 2. The standard InChI is InChI=1S/C19H21FN2O2/c1-19(2,3)16-9-13(20)7-8-17(16)24-15-10-22(11-15)18-6-4-5-14(12-23)21-18/h4-9,12,15H,10-11H2,1-3H3. The highest BCUT2D eigenvalue weighted by atomic mass is 19.1. The molecule has 4 nitrogen and oxygen atoms in total. The summed E-state index contributed by atoms with van der Waals surface area (Å²) in [6.07, 6.45) is 0.768. The molecule has 5 heteroatoms. The first-order valence-corrected chi connectivity index (χ1v) is 8.01. The number of hydrogen-bond donors (Lipinski definition) is 0. The van der Waals surface area contributed by atoms with Crippen molar-refractivity contribution in [3.05, 3.63) is 53.5 Å². The van der Waals surface area contributed by atoms with Crippen LogP contribution in [0.2, 0.25) is 0 Å². The number of hydrogen-bond acceptors (Lipinski definition) is 4. The summed E-state index contributed by atoms with van der Waals surface area (Å²) in [5, 5.41) is 0. The zero-order chi connectivity index (χ0) is 17.3. The molecule has 0 N–H and O–H groups in total. The quantitative estimate of drug-likeness (QED) is 0.804. The van der Waals surface area contributed by atoms with Crippen LogP contribution in [0.4, 0.5) is 10.2 Å². The molecule has 1 aliphatic rings. The molecule has 1 fully saturated rings. The molecule has 3 rings (SSSR count). The summed E-state index contributed by atoms with van der Waals surface area (Å²) in [7, 11) is 0. The number of carbonyl (C=O) groups is 1. The lowest BCUT2D eigenvalue weighted by molar-refractivity contribution is 0.111. The van der Waals surface area contributed by atoms with Gasteiger partial charge in [-0.15, -0.1) is 0 Å². The summed E-state index contributed by atoms with van der Waals surface area (Å²) in [6.45, 7) is 7.50. The summed E-state index contributed by atoms with van der Waals surface area (Å²) in [5.41, 5.74) is 1.09. The van der Waals surface area contributed by atoms with Crippen molar-refractivity contribution in [2.75, 3.05) is 18.0 Å². The monoisotopic (exact) mass is 328 g/mol. The summed E-state index contributed by atoms with van der Waals surface area (Å²) >= 11 is 0. The Morgan fingerprint density at radius 3 is 2.67 bits per heavy atom. The first-order chi connectivity index (χ1) is 11.4. The maximum absolute atomic E-state index is 13.6. The van der Waals surface area contributed by atoms with E-state index in [9.17, 15) is 9.18 Å². The minimum absolute atomic E-state index is 0.0262. The zero-order valence-electron chi connectivity index (χ0n) is 14.1. The van der Waals surface area contributed by atoms with Crippen molar-refractivity contribution in [2.24, 2.45) is 0 Å². The highest BCUT2D eigenvalue weighted by molar-refractivity contribution is 5.72. The molecule has 0 atom stereocenters. The van der Waals surface area contributed by atoms with E-state index >= 15 is 0 Å². The second-order valence-corrected chi connectivity index (χ2v) is 7.07. The van der Waals surface area contributed by atoms with E-state index < -0.39 is 0 Å². The van der Waals surface area contributed by atoms with Crippen LogP contribution < -0.4 is 9.64 Å². The first kappa shape index (κ1) is 16.4. The SMILES string of the molecule is CC(C)(C)c1cc(F)ccc1OC1CN(c2cccc(C=O)n2)C1. The molecule has 1 saturated heterocycles. The van der Waals surface area contributed by atoms with Gasteiger partial charge in [-0.2, -0.15) is 0 Å². The Labute approximate surface area is 141 Å². The summed E-state index contributed by atoms with van der Waals surface area (Å²) in [4.78, 5) is 17.1. The van der Waals surface area contributed by atoms with Crippen LogP contribution in [-0.4, -0.2) is 30.5 Å². The number of carbonyl (C=O) groups excluding carboxylic acids is 1. The number of rotatable bonds is 4. The smallest absolute Gasteiger partial charge is 0.168 e. The number of pyridine rings is 1. The lowest BCUT2D eigenvalue weighted by Crippen LogP contribution is -2.54. The number of aromatic nitrogens is 1. The fourth-order valence-corrected chi connectivity index (χ4v) is 2.75. The Hall–Kier alpha value is -2.43. The third-order valence-electron chi connectivity index (χ3n) is 4.09. The first-order valence-electron chi connectivity index (χ1n) is 8.01. The molecule has 126 valence electrons. The van der Waals surface area contributed by atoms with Crippen molar-refractivity contribution in [1.29, 1.82) is 0 Å². The van der Waals surface area contributed by atoms with Crippen molar-refractivity contribution >= 4 is 12.1 Å². The highest BCUT2D eigenvalue weighted by Gasteiger charge is 2.31. The molecule has 1 aromatic heterocycles. The van der Waals surface area contributed by atoms with E-state index in [1.165, 1.54) is 6.07 Å². The fourth-order valence-electron chi connectivity index (χ4n) is 2.75. The van der Waals surface area contributed by atoms with Gasteiger partial charge >= 0.3 is 0 Å². The minimum Gasteiger partial charge on any atom is -0.486 e. The number of halogens is 1. The van der Waals surface area contributed by atoms with Crippen LogP contribution in [0.3, 0.4) is 0 Å². The normalized spacial score (nSPS) is 15.1. The van der Waals surface area contributed by atoms with E-state index in [1.807, 2.05) is 32.9 Å². The van der Waals surface area contributed by atoms with E-state index in [4.69, 9.17) is 4.74 Å². The second kappa shape index (κ2) is 6.23. The van der Waals surface area contributed by atoms with E-state index in [2.05, 4.69) is 9.88 Å². The van der Waals surface area contributed by atoms with Crippen LogP contribution in [-0.2, 0) is 5.41 Å². The van der Waals surface area contributed by atoms with Crippen molar-refractivity contribution in [3.8, 4) is 5.75 Å². The molecule has 0 amide bonds. The molecule has 0 saturated carbocycles. The molecule has 2 aromatic rings. The average Bonchev–Trinajstić information content (AvgIpc) is 2.50. The molecule has 2 heterocycles. The third kappa shape index (κ3) is 3.40. The van der Waals surface area contributed by atoms with Gasteiger partial charge in [0.05, 0.1) is 13.1 Å². The Balaban J connectivity index is 1.69. The maximum atomic E-state index is 13.6. The molecule has 1 aromatic carbocycles. The Bertz CT molecular complexity index is 749. The van der Waals surface area contributed by atoms with Crippen LogP contribution in [0.15, 0.2) is 36.4 Å². The van der Waals surface area contributed by atoms with E-state index in [1.54, 1.807) is 18.2 Å². The molecule has 0 bridgehead atoms. The number of benzene rings is 1. The van der Waals surface area contributed by atoms with Gasteiger partial charge in [-0.1, -0.05) is 26.8 Å². The van der Waals surface area contributed by atoms with Crippen LogP contribution in [0, 0.1) is 5.82 Å². The lowest BCUT2D eigenvalue weighted by Gasteiger charge is -2.40. The molecule has 0 unspecified atom stereocenters. The predicted molar refractivity (Wildman–Crippen MR) is 91.4 cm³/mol. The van der Waals surface area contributed by atoms with Crippen LogP contribution >= 0.6 is 0 Å². The highest BCUT2D eigenvalue weighted by Crippen LogP contribution is 2.33. The van der Waals surface area contributed by atoms with Crippen LogP contribution in [0.1, 0.15) is 36.8 Å². The van der Waals surface area contributed by atoms with Crippen LogP contribution in [0.25, 0.3) is 0 Å². The van der Waals surface area contributed by atoms with Gasteiger partial charge in [-0.25, -0.2) is 9.37 Å². The van der Waals surface area contributed by atoms with Crippen molar-refractivity contribution in [1.82, 2.24) is 4.98 Å². The topological polar surface area (TPSA) is 42.4 Å². The van der Waals surface area contributed by atoms with Gasteiger partial charge in [-0.05, 0) is 35.7 Å². The summed E-state index contributed by atoms with van der Waals surface area (Å²) in [5.74, 6) is 1.25. The number of ether oxygens (including phenoxy) is 1. The molecule has 0 radical (unpaired) electrons. The van der Waals surface area contributed by atoms with E-state index in [0.717, 1.165) is 23.4 Å². The van der Waals surface area contributed by atoms with Gasteiger partial charge in [0.25, 0.3) is 0 Å². The Morgan fingerprint density at radius 2 is 2.00 bits per heavy atom. The zero-order valence-corrected chi connectivity index (χ0v) is 14.1. The van der Waals surface area contributed by atoms with Gasteiger partial charge in [0.1, 0.15) is 29.2 Å². The molecular formula is C19H21FN2O2. The van der Waals surface area contributed by atoms with Gasteiger partial charge in [0.2, 0.25) is 0 Å². The van der Waals surface area contributed by atoms with Gasteiger partial charge in [0, 0.05) is 5.56 Å². The van der Waals surface area contributed by atoms with Crippen molar-refractivity contribution in [3.63, 3.8) is 0 Å². The molecular weight excluding hydrogens is 307 g/mol. The largest absolute Gasteiger partial charge is 0.486 e. The third-order valence-corrected chi connectivity index (χ3v) is 4.09. The van der Waals surface area contributed by atoms with E-state index in [-0.39, 0.29) is 17.3 Å². The molecule has 24 heavy (non-hydrogen) atoms. The average molecular weight is 328 g/mol. The molecule has 1 aliphatic heterocycles. The van der Waals surface area contributed by atoms with Crippen molar-refractivity contribution in [2.45, 2.75) is 32.3 Å². The second-order valence-electron chi connectivity index (χ2n) is 7.07. The Morgan fingerprint density at radius 1 is 1.25 bits per heavy atom. The fraction of sp³-hybridized carbons (Fsp3) is 0.368. The van der Waals surface area contributed by atoms with Gasteiger partial charge in [-0.3, -0.25) is 4.79 Å². The summed E-state index contributed by atoms with van der Waals surface area (Å²) < 4.78 is 19.6. The number of anilines is 1. The summed E-state index contributed by atoms with van der Waals surface area (Å²) in [6, 6.07) is 10.0. The molecule has 0 aliphatic carbocycles. The maximum Gasteiger partial charge on any atom is 0.168 e.